The number of hydrogen-bond donors (Lipinski definition) is 2. The summed E-state index contributed by atoms with van der Waals surface area (Å²) in [6, 6.07) is 13.5. The third-order valence-corrected chi connectivity index (χ3v) is 3.24. The Balaban J connectivity index is 1.96. The fraction of sp³-hybridized carbons (Fsp3) is 0.294. The zero-order chi connectivity index (χ0) is 16.1. The van der Waals surface area contributed by atoms with Gasteiger partial charge in [-0.1, -0.05) is 44.2 Å². The van der Waals surface area contributed by atoms with E-state index in [9.17, 15) is 9.59 Å². The van der Waals surface area contributed by atoms with Crippen molar-refractivity contribution >= 4 is 22.6 Å². The van der Waals surface area contributed by atoms with E-state index in [-0.39, 0.29) is 11.8 Å². The van der Waals surface area contributed by atoms with Crippen LogP contribution in [0.15, 0.2) is 42.5 Å². The largest absolute Gasteiger partial charge is 0.481 e. The molecule has 2 aromatic carbocycles. The summed E-state index contributed by atoms with van der Waals surface area (Å²) in [5.41, 5.74) is 4.72. The maximum Gasteiger partial charge on any atom is 0.279 e. The van der Waals surface area contributed by atoms with Crippen LogP contribution in [-0.4, -0.2) is 17.9 Å². The first-order valence-electron chi connectivity index (χ1n) is 7.22. The number of hydrogen-bond acceptors (Lipinski definition) is 3. The highest BCUT2D eigenvalue weighted by atomic mass is 16.5. The van der Waals surface area contributed by atoms with Crippen LogP contribution in [-0.2, 0) is 9.59 Å². The fourth-order valence-electron chi connectivity index (χ4n) is 1.87. The lowest BCUT2D eigenvalue weighted by molar-refractivity contribution is -0.133. The molecule has 0 aliphatic heterocycles. The minimum atomic E-state index is -0.714. The molecule has 0 aliphatic carbocycles. The number of benzene rings is 2. The number of nitrogens with one attached hydrogen (secondary N) is 2. The van der Waals surface area contributed by atoms with Gasteiger partial charge in [0, 0.05) is 5.92 Å². The van der Waals surface area contributed by atoms with Gasteiger partial charge in [0.2, 0.25) is 5.91 Å². The van der Waals surface area contributed by atoms with Gasteiger partial charge in [0.1, 0.15) is 5.75 Å². The van der Waals surface area contributed by atoms with Gasteiger partial charge < -0.3 is 4.74 Å². The van der Waals surface area contributed by atoms with Crippen molar-refractivity contribution in [2.45, 2.75) is 26.9 Å². The predicted octanol–water partition coefficient (Wildman–Crippen LogP) is 2.41. The Morgan fingerprint density at radius 1 is 0.909 bits per heavy atom. The van der Waals surface area contributed by atoms with E-state index in [0.717, 1.165) is 10.8 Å². The van der Waals surface area contributed by atoms with Crippen molar-refractivity contribution in [1.29, 1.82) is 0 Å². The Hall–Kier alpha value is -2.56. The number of carbonyl (C=O) groups is 2. The molecule has 0 spiro atoms. The van der Waals surface area contributed by atoms with Crippen molar-refractivity contribution in [1.82, 2.24) is 10.9 Å². The van der Waals surface area contributed by atoms with Gasteiger partial charge in [-0.25, -0.2) is 0 Å². The van der Waals surface area contributed by atoms with Gasteiger partial charge in [-0.2, -0.15) is 0 Å². The highest BCUT2D eigenvalue weighted by Gasteiger charge is 2.16. The first kappa shape index (κ1) is 15.8. The summed E-state index contributed by atoms with van der Waals surface area (Å²) in [5, 5.41) is 2.15. The molecule has 2 N–H and O–H groups in total. The van der Waals surface area contributed by atoms with Crippen molar-refractivity contribution < 1.29 is 14.3 Å². The van der Waals surface area contributed by atoms with E-state index >= 15 is 0 Å². The maximum absolute atomic E-state index is 11.9. The van der Waals surface area contributed by atoms with Crippen LogP contribution in [0, 0.1) is 5.92 Å². The number of hydrazine groups is 1. The van der Waals surface area contributed by atoms with Crippen molar-refractivity contribution in [3.63, 3.8) is 0 Å². The SMILES string of the molecule is CC(C)C(=O)NNC(=O)C(C)Oc1ccc2ccccc2c1. The lowest BCUT2D eigenvalue weighted by Gasteiger charge is -2.16. The highest BCUT2D eigenvalue weighted by Crippen LogP contribution is 2.21. The van der Waals surface area contributed by atoms with E-state index in [1.165, 1.54) is 0 Å². The Bertz CT molecular complexity index is 682. The smallest absolute Gasteiger partial charge is 0.279 e. The van der Waals surface area contributed by atoms with Gasteiger partial charge in [-0.3, -0.25) is 20.4 Å². The van der Waals surface area contributed by atoms with Crippen LogP contribution in [0.25, 0.3) is 10.8 Å². The average Bonchev–Trinajstić information content (AvgIpc) is 2.51. The van der Waals surface area contributed by atoms with Gasteiger partial charge in [-0.05, 0) is 29.8 Å². The van der Waals surface area contributed by atoms with Crippen LogP contribution in [0.4, 0.5) is 0 Å². The van der Waals surface area contributed by atoms with E-state index in [1.807, 2.05) is 42.5 Å². The summed E-state index contributed by atoms with van der Waals surface area (Å²) in [6.45, 7) is 5.12. The van der Waals surface area contributed by atoms with E-state index in [0.29, 0.717) is 5.75 Å². The maximum atomic E-state index is 11.9. The highest BCUT2D eigenvalue weighted by molar-refractivity contribution is 5.86. The minimum absolute atomic E-state index is 0.197. The van der Waals surface area contributed by atoms with Crippen LogP contribution >= 0.6 is 0 Å². The number of fused-ring (bicyclic) bond motifs is 1. The van der Waals surface area contributed by atoms with Gasteiger partial charge in [0.15, 0.2) is 6.10 Å². The Morgan fingerprint density at radius 2 is 1.55 bits per heavy atom. The van der Waals surface area contributed by atoms with Crippen LogP contribution in [0.5, 0.6) is 5.75 Å². The molecule has 0 aromatic heterocycles. The molecule has 0 aliphatic rings. The molecule has 116 valence electrons. The predicted molar refractivity (Wildman–Crippen MR) is 85.2 cm³/mol. The van der Waals surface area contributed by atoms with Crippen LogP contribution in [0.3, 0.4) is 0 Å². The third kappa shape index (κ3) is 3.97. The van der Waals surface area contributed by atoms with E-state index in [2.05, 4.69) is 10.9 Å². The van der Waals surface area contributed by atoms with Crippen molar-refractivity contribution in [2.24, 2.45) is 5.92 Å². The average molecular weight is 300 g/mol. The molecule has 0 saturated carbocycles. The zero-order valence-corrected chi connectivity index (χ0v) is 12.9. The minimum Gasteiger partial charge on any atom is -0.481 e. The summed E-state index contributed by atoms with van der Waals surface area (Å²) >= 11 is 0. The third-order valence-electron chi connectivity index (χ3n) is 3.24. The van der Waals surface area contributed by atoms with Gasteiger partial charge in [0.05, 0.1) is 0 Å². The molecule has 0 radical (unpaired) electrons. The molecule has 0 fully saturated rings. The Kier molecular flexibility index (Phi) is 4.99. The topological polar surface area (TPSA) is 67.4 Å². The summed E-state index contributed by atoms with van der Waals surface area (Å²) in [7, 11) is 0. The molecular weight excluding hydrogens is 280 g/mol. The molecule has 5 nitrogen and oxygen atoms in total. The molecule has 0 heterocycles. The number of amides is 2. The monoisotopic (exact) mass is 300 g/mol. The first-order chi connectivity index (χ1) is 10.5. The lowest BCUT2D eigenvalue weighted by atomic mass is 10.1. The molecule has 5 heteroatoms. The molecular formula is C17H20N2O3. The van der Waals surface area contributed by atoms with Crippen LogP contribution < -0.4 is 15.6 Å². The molecule has 2 rings (SSSR count). The van der Waals surface area contributed by atoms with Crippen LogP contribution in [0.1, 0.15) is 20.8 Å². The second-order valence-corrected chi connectivity index (χ2v) is 5.40. The number of rotatable bonds is 4. The van der Waals surface area contributed by atoms with Crippen molar-refractivity contribution in [3.8, 4) is 5.75 Å². The van der Waals surface area contributed by atoms with Crippen molar-refractivity contribution in [2.75, 3.05) is 0 Å². The molecule has 1 unspecified atom stereocenters. The first-order valence-corrected chi connectivity index (χ1v) is 7.22. The standard InChI is InChI=1S/C17H20N2O3/c1-11(2)16(20)18-19-17(21)12(3)22-15-9-8-13-6-4-5-7-14(13)10-15/h4-12H,1-3H3,(H,18,20)(H,19,21). The van der Waals surface area contributed by atoms with Gasteiger partial charge >= 0.3 is 0 Å². The Morgan fingerprint density at radius 3 is 2.23 bits per heavy atom. The quantitative estimate of drug-likeness (QED) is 0.852. The number of ether oxygens (including phenoxy) is 1. The number of carbonyl (C=O) groups excluding carboxylic acids is 2. The molecule has 0 bridgehead atoms. The molecule has 2 aromatic rings. The van der Waals surface area contributed by atoms with E-state index in [4.69, 9.17) is 4.74 Å². The zero-order valence-electron chi connectivity index (χ0n) is 12.9. The molecule has 2 amide bonds. The summed E-state index contributed by atoms with van der Waals surface area (Å²) < 4.78 is 5.61. The van der Waals surface area contributed by atoms with Crippen molar-refractivity contribution in [3.05, 3.63) is 42.5 Å². The molecule has 0 saturated heterocycles. The molecule has 1 atom stereocenters. The summed E-state index contributed by atoms with van der Waals surface area (Å²) in [4.78, 5) is 23.3. The van der Waals surface area contributed by atoms with Crippen LogP contribution in [0.2, 0.25) is 0 Å². The van der Waals surface area contributed by atoms with E-state index < -0.39 is 12.0 Å². The summed E-state index contributed by atoms with van der Waals surface area (Å²) in [6.07, 6.45) is -0.714. The normalized spacial score (nSPS) is 12.0. The summed E-state index contributed by atoms with van der Waals surface area (Å²) in [5.74, 6) is -0.234. The second kappa shape index (κ2) is 6.93. The fourth-order valence-corrected chi connectivity index (χ4v) is 1.87. The van der Waals surface area contributed by atoms with Gasteiger partial charge in [0.25, 0.3) is 5.91 Å². The van der Waals surface area contributed by atoms with E-state index in [1.54, 1.807) is 20.8 Å². The molecule has 22 heavy (non-hydrogen) atoms. The lowest BCUT2D eigenvalue weighted by Crippen LogP contribution is -2.48. The Labute approximate surface area is 129 Å². The second-order valence-electron chi connectivity index (χ2n) is 5.40. The van der Waals surface area contributed by atoms with Gasteiger partial charge in [-0.15, -0.1) is 0 Å².